The number of benzene rings is 2. The smallest absolute Gasteiger partial charge is 0.251 e. The molecule has 0 aliphatic rings. The van der Waals surface area contributed by atoms with Crippen LogP contribution in [0.25, 0.3) is 0 Å². The third-order valence-corrected chi connectivity index (χ3v) is 3.98. The Labute approximate surface area is 177 Å². The van der Waals surface area contributed by atoms with Crippen LogP contribution in [0.15, 0.2) is 53.5 Å². The number of carbonyl (C=O) groups excluding carboxylic acids is 1. The lowest BCUT2D eigenvalue weighted by Crippen LogP contribution is -2.37. The van der Waals surface area contributed by atoms with Crippen molar-refractivity contribution in [2.45, 2.75) is 13.0 Å². The minimum atomic E-state index is -0.0749. The van der Waals surface area contributed by atoms with Gasteiger partial charge in [0.2, 0.25) is 0 Å². The van der Waals surface area contributed by atoms with Crippen LogP contribution in [-0.4, -0.2) is 39.6 Å². The van der Waals surface area contributed by atoms with E-state index < -0.39 is 0 Å². The molecule has 146 valence electrons. The molecule has 2 aromatic carbocycles. The Morgan fingerprint density at radius 3 is 2.59 bits per heavy atom. The van der Waals surface area contributed by atoms with Crippen LogP contribution in [0.2, 0.25) is 0 Å². The maximum Gasteiger partial charge on any atom is 0.251 e. The summed E-state index contributed by atoms with van der Waals surface area (Å²) in [6.07, 6.45) is 0.792. The predicted octanol–water partition coefficient (Wildman–Crippen LogP) is 2.58. The Balaban J connectivity index is 0.00000364. The van der Waals surface area contributed by atoms with Gasteiger partial charge in [0.15, 0.2) is 5.96 Å². The molecule has 0 atom stereocenters. The summed E-state index contributed by atoms with van der Waals surface area (Å²) in [5, 5.41) is 9.21. The first-order chi connectivity index (χ1) is 12.7. The molecule has 27 heavy (non-hydrogen) atoms. The minimum Gasteiger partial charge on any atom is -0.496 e. The van der Waals surface area contributed by atoms with Crippen LogP contribution < -0.4 is 20.7 Å². The highest BCUT2D eigenvalue weighted by molar-refractivity contribution is 14.0. The number of nitrogens with one attached hydrogen (secondary N) is 3. The minimum absolute atomic E-state index is 0. The average Bonchev–Trinajstić information content (AvgIpc) is 2.70. The van der Waals surface area contributed by atoms with Gasteiger partial charge in [-0.05, 0) is 30.2 Å². The molecular weight excluding hydrogens is 455 g/mol. The fourth-order valence-corrected chi connectivity index (χ4v) is 2.59. The van der Waals surface area contributed by atoms with Crippen LogP contribution in [-0.2, 0) is 13.0 Å². The third-order valence-electron chi connectivity index (χ3n) is 3.98. The van der Waals surface area contributed by atoms with Gasteiger partial charge in [0.1, 0.15) is 5.75 Å². The first kappa shape index (κ1) is 22.8. The Morgan fingerprint density at radius 1 is 1.11 bits per heavy atom. The zero-order chi connectivity index (χ0) is 18.8. The van der Waals surface area contributed by atoms with E-state index in [4.69, 9.17) is 4.74 Å². The molecule has 0 aliphatic heterocycles. The number of amides is 1. The summed E-state index contributed by atoms with van der Waals surface area (Å²) in [4.78, 5) is 15.9. The van der Waals surface area contributed by atoms with Crippen LogP contribution in [0.5, 0.6) is 5.75 Å². The maximum atomic E-state index is 11.7. The molecule has 0 aromatic heterocycles. The normalized spacial score (nSPS) is 10.6. The van der Waals surface area contributed by atoms with Gasteiger partial charge in [0, 0.05) is 38.3 Å². The fraction of sp³-hybridized carbons (Fsp3) is 0.300. The third kappa shape index (κ3) is 7.09. The second kappa shape index (κ2) is 12.2. The number of nitrogens with zero attached hydrogens (tertiary/aromatic N) is 1. The highest BCUT2D eigenvalue weighted by atomic mass is 127. The summed E-state index contributed by atoms with van der Waals surface area (Å²) in [5.41, 5.74) is 2.83. The van der Waals surface area contributed by atoms with Crippen molar-refractivity contribution < 1.29 is 9.53 Å². The van der Waals surface area contributed by atoms with Crippen molar-refractivity contribution in [1.29, 1.82) is 0 Å². The van der Waals surface area contributed by atoms with Crippen molar-refractivity contribution in [2.24, 2.45) is 4.99 Å². The summed E-state index contributed by atoms with van der Waals surface area (Å²) >= 11 is 0. The van der Waals surface area contributed by atoms with Crippen LogP contribution in [0, 0.1) is 0 Å². The Kier molecular flexibility index (Phi) is 10.2. The number of methoxy groups -OCH3 is 1. The van der Waals surface area contributed by atoms with Gasteiger partial charge < -0.3 is 20.7 Å². The van der Waals surface area contributed by atoms with Gasteiger partial charge in [0.25, 0.3) is 5.91 Å². The van der Waals surface area contributed by atoms with Crippen LogP contribution in [0.1, 0.15) is 21.5 Å². The lowest BCUT2D eigenvalue weighted by Gasteiger charge is -2.14. The molecule has 7 heteroatoms. The number of para-hydroxylation sites is 1. The van der Waals surface area contributed by atoms with Crippen LogP contribution >= 0.6 is 24.0 Å². The van der Waals surface area contributed by atoms with E-state index in [0.29, 0.717) is 18.7 Å². The number of ether oxygens (including phenoxy) is 1. The molecule has 0 fully saturated rings. The molecule has 0 radical (unpaired) electrons. The first-order valence-corrected chi connectivity index (χ1v) is 8.55. The molecule has 2 rings (SSSR count). The van der Waals surface area contributed by atoms with Gasteiger partial charge in [-0.1, -0.05) is 30.3 Å². The lowest BCUT2D eigenvalue weighted by molar-refractivity contribution is 0.0963. The molecule has 6 nitrogen and oxygen atoms in total. The van der Waals surface area contributed by atoms with Gasteiger partial charge >= 0.3 is 0 Å². The molecule has 0 heterocycles. The van der Waals surface area contributed by atoms with Gasteiger partial charge in [-0.15, -0.1) is 24.0 Å². The van der Waals surface area contributed by atoms with Gasteiger partial charge in [-0.2, -0.15) is 0 Å². The zero-order valence-corrected chi connectivity index (χ0v) is 18.2. The van der Waals surface area contributed by atoms with E-state index in [1.165, 1.54) is 0 Å². The number of aliphatic imine (C=N–C) groups is 1. The van der Waals surface area contributed by atoms with Gasteiger partial charge in [-0.25, -0.2) is 0 Å². The van der Waals surface area contributed by atoms with E-state index in [2.05, 4.69) is 20.9 Å². The van der Waals surface area contributed by atoms with Crippen molar-refractivity contribution in [3.63, 3.8) is 0 Å². The summed E-state index contributed by atoms with van der Waals surface area (Å²) in [6.45, 7) is 1.33. The van der Waals surface area contributed by atoms with E-state index in [1.807, 2.05) is 48.5 Å². The Hall–Kier alpha value is -2.29. The van der Waals surface area contributed by atoms with E-state index in [0.717, 1.165) is 29.3 Å². The Bertz CT molecular complexity index is 765. The molecule has 0 unspecified atom stereocenters. The van der Waals surface area contributed by atoms with Crippen molar-refractivity contribution in [3.05, 3.63) is 65.2 Å². The van der Waals surface area contributed by atoms with E-state index in [1.54, 1.807) is 21.2 Å². The number of hydrogen-bond acceptors (Lipinski definition) is 3. The summed E-state index contributed by atoms with van der Waals surface area (Å²) in [7, 11) is 5.04. The summed E-state index contributed by atoms with van der Waals surface area (Å²) in [6, 6.07) is 15.5. The molecule has 0 saturated carbocycles. The number of guanidine groups is 1. The standard InChI is InChI=1S/C20H26N4O2.HI/c1-21-19(25)16-9-6-7-15(13-16)11-12-23-20(22-2)24-14-17-8-4-5-10-18(17)26-3;/h4-10,13H,11-12,14H2,1-3H3,(H,21,25)(H2,22,23,24);1H. The summed E-state index contributed by atoms with van der Waals surface area (Å²) in [5.74, 6) is 1.49. The van der Waals surface area contributed by atoms with Gasteiger partial charge in [0.05, 0.1) is 7.11 Å². The second-order valence-corrected chi connectivity index (χ2v) is 5.69. The van der Waals surface area contributed by atoms with Crippen LogP contribution in [0.4, 0.5) is 0 Å². The molecule has 3 N–H and O–H groups in total. The number of hydrogen-bond donors (Lipinski definition) is 3. The number of halogens is 1. The largest absolute Gasteiger partial charge is 0.496 e. The maximum absolute atomic E-state index is 11.7. The van der Waals surface area contributed by atoms with E-state index >= 15 is 0 Å². The highest BCUT2D eigenvalue weighted by Gasteiger charge is 2.05. The first-order valence-electron chi connectivity index (χ1n) is 8.55. The predicted molar refractivity (Wildman–Crippen MR) is 120 cm³/mol. The lowest BCUT2D eigenvalue weighted by atomic mass is 10.1. The quantitative estimate of drug-likeness (QED) is 0.322. The SMILES string of the molecule is CN=C(NCCc1cccc(C(=O)NC)c1)NCc1ccccc1OC.I. The molecule has 1 amide bonds. The average molecular weight is 482 g/mol. The zero-order valence-electron chi connectivity index (χ0n) is 15.9. The molecule has 0 bridgehead atoms. The number of rotatable bonds is 7. The van der Waals surface area contributed by atoms with Crippen molar-refractivity contribution in [1.82, 2.24) is 16.0 Å². The summed E-state index contributed by atoms with van der Waals surface area (Å²) < 4.78 is 5.36. The van der Waals surface area contributed by atoms with Crippen LogP contribution in [0.3, 0.4) is 0 Å². The molecule has 0 aliphatic carbocycles. The number of carbonyl (C=O) groups is 1. The second-order valence-electron chi connectivity index (χ2n) is 5.69. The molecule has 2 aromatic rings. The monoisotopic (exact) mass is 482 g/mol. The van der Waals surface area contributed by atoms with Gasteiger partial charge in [-0.3, -0.25) is 9.79 Å². The molecule has 0 saturated heterocycles. The Morgan fingerprint density at radius 2 is 1.89 bits per heavy atom. The highest BCUT2D eigenvalue weighted by Crippen LogP contribution is 2.16. The fourth-order valence-electron chi connectivity index (χ4n) is 2.59. The van der Waals surface area contributed by atoms with Crippen molar-refractivity contribution >= 4 is 35.8 Å². The molecule has 0 spiro atoms. The van der Waals surface area contributed by atoms with Crippen molar-refractivity contribution in [3.8, 4) is 5.75 Å². The topological polar surface area (TPSA) is 74.8 Å². The molecular formula is C20H27IN4O2. The van der Waals surface area contributed by atoms with Crippen molar-refractivity contribution in [2.75, 3.05) is 27.7 Å². The van der Waals surface area contributed by atoms with E-state index in [9.17, 15) is 4.79 Å². The van der Waals surface area contributed by atoms with E-state index in [-0.39, 0.29) is 29.9 Å².